The Bertz CT molecular complexity index is 335. The maximum Gasteiger partial charge on any atom is 0.0413 e. The summed E-state index contributed by atoms with van der Waals surface area (Å²) in [7, 11) is 0. The van der Waals surface area contributed by atoms with Gasteiger partial charge in [-0.1, -0.05) is 15.9 Å². The molecule has 3 nitrogen and oxygen atoms in total. The van der Waals surface area contributed by atoms with Crippen LogP contribution in [0.15, 0.2) is 22.7 Å². The minimum atomic E-state index is 0.596. The van der Waals surface area contributed by atoms with E-state index in [2.05, 4.69) is 44.3 Å². The van der Waals surface area contributed by atoms with E-state index in [0.717, 1.165) is 30.7 Å². The molecule has 0 atom stereocenters. The second kappa shape index (κ2) is 4.96. The summed E-state index contributed by atoms with van der Waals surface area (Å²) < 4.78 is 1.10. The highest BCUT2D eigenvalue weighted by Crippen LogP contribution is 2.24. The molecule has 0 radical (unpaired) electrons. The lowest BCUT2D eigenvalue weighted by Crippen LogP contribution is -2.44. The number of piperazine rings is 1. The number of anilines is 1. The van der Waals surface area contributed by atoms with Crippen LogP contribution in [0.5, 0.6) is 0 Å². The van der Waals surface area contributed by atoms with Gasteiger partial charge in [0.1, 0.15) is 0 Å². The molecule has 0 unspecified atom stereocenters. The van der Waals surface area contributed by atoms with Crippen molar-refractivity contribution in [3.63, 3.8) is 0 Å². The fourth-order valence-corrected chi connectivity index (χ4v) is 2.34. The molecule has 1 heterocycles. The Balaban J connectivity index is 2.25. The Hall–Kier alpha value is -0.580. The number of hydrogen-bond acceptors (Lipinski definition) is 3. The quantitative estimate of drug-likeness (QED) is 0.851. The lowest BCUT2D eigenvalue weighted by Gasteiger charge is -2.31. The van der Waals surface area contributed by atoms with Gasteiger partial charge in [0.15, 0.2) is 0 Å². The Morgan fingerprint density at radius 2 is 2.07 bits per heavy atom. The van der Waals surface area contributed by atoms with Crippen LogP contribution in [0.2, 0.25) is 0 Å². The Morgan fingerprint density at radius 3 is 2.73 bits per heavy atom. The lowest BCUT2D eigenvalue weighted by molar-refractivity contribution is 0.588. The molecular formula is C11H16BrN3. The fourth-order valence-electron chi connectivity index (χ4n) is 1.93. The number of nitrogens with one attached hydrogen (secondary N) is 1. The number of rotatable bonds is 2. The van der Waals surface area contributed by atoms with E-state index in [9.17, 15) is 0 Å². The summed E-state index contributed by atoms with van der Waals surface area (Å²) in [5, 5.41) is 3.35. The topological polar surface area (TPSA) is 41.3 Å². The van der Waals surface area contributed by atoms with Crippen molar-refractivity contribution in [2.75, 3.05) is 31.1 Å². The second-order valence-corrected chi connectivity index (χ2v) is 4.63. The molecule has 3 N–H and O–H groups in total. The van der Waals surface area contributed by atoms with Crippen LogP contribution >= 0.6 is 15.9 Å². The molecule has 1 fully saturated rings. The van der Waals surface area contributed by atoms with Crippen molar-refractivity contribution in [1.29, 1.82) is 0 Å². The zero-order chi connectivity index (χ0) is 10.7. The molecule has 0 aromatic heterocycles. The van der Waals surface area contributed by atoms with Gasteiger partial charge in [0.2, 0.25) is 0 Å². The third-order valence-corrected chi connectivity index (χ3v) is 3.21. The Morgan fingerprint density at radius 1 is 1.33 bits per heavy atom. The molecule has 1 aliphatic rings. The summed E-state index contributed by atoms with van der Waals surface area (Å²) in [6.45, 7) is 4.84. The van der Waals surface area contributed by atoms with Crippen LogP contribution in [0.3, 0.4) is 0 Å². The third-order valence-electron chi connectivity index (χ3n) is 2.72. The molecule has 1 aromatic rings. The first-order chi connectivity index (χ1) is 7.31. The zero-order valence-corrected chi connectivity index (χ0v) is 10.3. The standard InChI is InChI=1S/C11H16BrN3/c12-10-1-2-11(9(7-10)8-13)15-5-3-14-4-6-15/h1-2,7,14H,3-6,8,13H2. The van der Waals surface area contributed by atoms with Gasteiger partial charge in [-0.15, -0.1) is 0 Å². The minimum absolute atomic E-state index is 0.596. The normalized spacial score (nSPS) is 16.8. The van der Waals surface area contributed by atoms with E-state index in [1.807, 2.05) is 0 Å². The van der Waals surface area contributed by atoms with E-state index in [4.69, 9.17) is 5.73 Å². The molecular weight excluding hydrogens is 254 g/mol. The highest BCUT2D eigenvalue weighted by atomic mass is 79.9. The van der Waals surface area contributed by atoms with Gasteiger partial charge in [-0.3, -0.25) is 0 Å². The van der Waals surface area contributed by atoms with Gasteiger partial charge in [0.05, 0.1) is 0 Å². The van der Waals surface area contributed by atoms with Crippen LogP contribution in [-0.2, 0) is 6.54 Å². The molecule has 4 heteroatoms. The molecule has 1 aliphatic heterocycles. The van der Waals surface area contributed by atoms with E-state index in [1.54, 1.807) is 0 Å². The summed E-state index contributed by atoms with van der Waals surface area (Å²) in [6.07, 6.45) is 0. The largest absolute Gasteiger partial charge is 0.369 e. The predicted molar refractivity (Wildman–Crippen MR) is 67.1 cm³/mol. The van der Waals surface area contributed by atoms with E-state index >= 15 is 0 Å². The maximum atomic E-state index is 5.76. The van der Waals surface area contributed by atoms with Gasteiger partial charge in [-0.05, 0) is 23.8 Å². The van der Waals surface area contributed by atoms with Crippen molar-refractivity contribution in [2.45, 2.75) is 6.54 Å². The average Bonchev–Trinajstić information content (AvgIpc) is 2.30. The number of benzene rings is 1. The van der Waals surface area contributed by atoms with Crippen LogP contribution in [0.1, 0.15) is 5.56 Å². The van der Waals surface area contributed by atoms with Gasteiger partial charge in [0, 0.05) is 42.9 Å². The van der Waals surface area contributed by atoms with Crippen molar-refractivity contribution in [3.05, 3.63) is 28.2 Å². The van der Waals surface area contributed by atoms with Crippen LogP contribution in [0.4, 0.5) is 5.69 Å². The summed E-state index contributed by atoms with van der Waals surface area (Å²) in [6, 6.07) is 6.34. The van der Waals surface area contributed by atoms with E-state index in [-0.39, 0.29) is 0 Å². The molecule has 0 spiro atoms. The molecule has 0 amide bonds. The SMILES string of the molecule is NCc1cc(Br)ccc1N1CCNCC1. The van der Waals surface area contributed by atoms with E-state index in [0.29, 0.717) is 6.54 Å². The van der Waals surface area contributed by atoms with Crippen molar-refractivity contribution in [1.82, 2.24) is 5.32 Å². The third kappa shape index (κ3) is 2.51. The summed E-state index contributed by atoms with van der Waals surface area (Å²) in [4.78, 5) is 2.39. The number of halogens is 1. The van der Waals surface area contributed by atoms with Crippen molar-refractivity contribution in [3.8, 4) is 0 Å². The van der Waals surface area contributed by atoms with E-state index < -0.39 is 0 Å². The Labute approximate surface area is 98.8 Å². The molecule has 0 aliphatic carbocycles. The fraction of sp³-hybridized carbons (Fsp3) is 0.455. The molecule has 1 saturated heterocycles. The number of nitrogens with zero attached hydrogens (tertiary/aromatic N) is 1. The number of hydrogen-bond donors (Lipinski definition) is 2. The van der Waals surface area contributed by atoms with Crippen molar-refractivity contribution >= 4 is 21.6 Å². The van der Waals surface area contributed by atoms with Crippen LogP contribution < -0.4 is 16.0 Å². The van der Waals surface area contributed by atoms with Crippen LogP contribution in [0, 0.1) is 0 Å². The molecule has 1 aromatic carbocycles. The molecule has 2 rings (SSSR count). The zero-order valence-electron chi connectivity index (χ0n) is 8.67. The number of nitrogens with two attached hydrogens (primary N) is 1. The lowest BCUT2D eigenvalue weighted by atomic mass is 10.1. The first-order valence-corrected chi connectivity index (χ1v) is 6.04. The van der Waals surface area contributed by atoms with Crippen molar-refractivity contribution < 1.29 is 0 Å². The van der Waals surface area contributed by atoms with Gasteiger partial charge < -0.3 is 16.0 Å². The maximum absolute atomic E-state index is 5.76. The van der Waals surface area contributed by atoms with Gasteiger partial charge in [-0.25, -0.2) is 0 Å². The average molecular weight is 270 g/mol. The second-order valence-electron chi connectivity index (χ2n) is 3.71. The van der Waals surface area contributed by atoms with Crippen LogP contribution in [-0.4, -0.2) is 26.2 Å². The smallest absolute Gasteiger partial charge is 0.0413 e. The monoisotopic (exact) mass is 269 g/mol. The first kappa shape index (κ1) is 10.9. The van der Waals surface area contributed by atoms with Gasteiger partial charge >= 0.3 is 0 Å². The summed E-state index contributed by atoms with van der Waals surface area (Å²) in [5.74, 6) is 0. The van der Waals surface area contributed by atoms with Gasteiger partial charge in [0.25, 0.3) is 0 Å². The van der Waals surface area contributed by atoms with Crippen LogP contribution in [0.25, 0.3) is 0 Å². The first-order valence-electron chi connectivity index (χ1n) is 5.25. The minimum Gasteiger partial charge on any atom is -0.369 e. The molecule has 82 valence electrons. The summed E-state index contributed by atoms with van der Waals surface area (Å²) >= 11 is 3.47. The summed E-state index contributed by atoms with van der Waals surface area (Å²) in [5.41, 5.74) is 8.26. The Kier molecular flexibility index (Phi) is 3.61. The molecule has 15 heavy (non-hydrogen) atoms. The highest BCUT2D eigenvalue weighted by Gasteiger charge is 2.13. The highest BCUT2D eigenvalue weighted by molar-refractivity contribution is 9.10. The van der Waals surface area contributed by atoms with Gasteiger partial charge in [-0.2, -0.15) is 0 Å². The molecule has 0 bridgehead atoms. The van der Waals surface area contributed by atoms with E-state index in [1.165, 1.54) is 11.3 Å². The van der Waals surface area contributed by atoms with Crippen molar-refractivity contribution in [2.24, 2.45) is 5.73 Å². The predicted octanol–water partition coefficient (Wildman–Crippen LogP) is 1.32. The molecule has 0 saturated carbocycles.